The van der Waals surface area contributed by atoms with Crippen molar-refractivity contribution in [3.05, 3.63) is 47.8 Å². The van der Waals surface area contributed by atoms with Gasteiger partial charge in [0, 0.05) is 25.0 Å². The molecule has 0 amide bonds. The van der Waals surface area contributed by atoms with Crippen LogP contribution in [0.25, 0.3) is 10.8 Å². The lowest BCUT2D eigenvalue weighted by Crippen LogP contribution is -2.07. The number of pyridine rings is 1. The first-order valence-corrected chi connectivity index (χ1v) is 6.89. The average molecular weight is 282 g/mol. The molecule has 5 heteroatoms. The van der Waals surface area contributed by atoms with Crippen LogP contribution < -0.4 is 10.1 Å². The van der Waals surface area contributed by atoms with E-state index in [1.807, 2.05) is 45.3 Å². The van der Waals surface area contributed by atoms with Crippen LogP contribution in [0.15, 0.2) is 36.4 Å². The molecule has 21 heavy (non-hydrogen) atoms. The van der Waals surface area contributed by atoms with Gasteiger partial charge in [-0.05, 0) is 31.5 Å². The molecule has 0 unspecified atom stereocenters. The fourth-order valence-corrected chi connectivity index (χ4v) is 2.35. The summed E-state index contributed by atoms with van der Waals surface area (Å²) in [5.41, 5.74) is 1.87. The van der Waals surface area contributed by atoms with Crippen LogP contribution in [0.5, 0.6) is 11.8 Å². The van der Waals surface area contributed by atoms with Crippen LogP contribution in [0, 0.1) is 6.92 Å². The highest BCUT2D eigenvalue weighted by Crippen LogP contribution is 2.28. The van der Waals surface area contributed by atoms with Crippen molar-refractivity contribution in [2.75, 3.05) is 7.05 Å². The molecule has 0 spiro atoms. The van der Waals surface area contributed by atoms with Crippen LogP contribution in [0.3, 0.4) is 0 Å². The third kappa shape index (κ3) is 2.73. The van der Waals surface area contributed by atoms with Crippen LogP contribution >= 0.6 is 0 Å². The van der Waals surface area contributed by atoms with Gasteiger partial charge in [0.25, 0.3) is 0 Å². The van der Waals surface area contributed by atoms with Gasteiger partial charge in [-0.1, -0.05) is 18.2 Å². The molecule has 1 N–H and O–H groups in total. The Kier molecular flexibility index (Phi) is 3.58. The fraction of sp³-hybridized carbons (Fsp3) is 0.250. The Balaban J connectivity index is 2.09. The van der Waals surface area contributed by atoms with Gasteiger partial charge < -0.3 is 10.1 Å². The van der Waals surface area contributed by atoms with Gasteiger partial charge in [0.15, 0.2) is 0 Å². The largest absolute Gasteiger partial charge is 0.420 e. The summed E-state index contributed by atoms with van der Waals surface area (Å²) in [5, 5.41) is 9.53. The molecule has 0 atom stereocenters. The third-order valence-electron chi connectivity index (χ3n) is 3.28. The number of hydrogen-bond acceptors (Lipinski definition) is 4. The minimum atomic E-state index is 0.612. The molecule has 108 valence electrons. The summed E-state index contributed by atoms with van der Waals surface area (Å²) in [6, 6.07) is 12.1. The van der Waals surface area contributed by atoms with Gasteiger partial charge in [-0.3, -0.25) is 0 Å². The molecule has 3 rings (SSSR count). The maximum Gasteiger partial charge on any atom is 0.229 e. The quantitative estimate of drug-likeness (QED) is 0.799. The first-order valence-electron chi connectivity index (χ1n) is 6.89. The second-order valence-corrected chi connectivity index (χ2v) is 5.02. The van der Waals surface area contributed by atoms with Crippen molar-refractivity contribution >= 4 is 10.8 Å². The molecule has 0 aliphatic heterocycles. The Morgan fingerprint density at radius 2 is 2.05 bits per heavy atom. The van der Waals surface area contributed by atoms with Gasteiger partial charge in [0.2, 0.25) is 11.8 Å². The summed E-state index contributed by atoms with van der Waals surface area (Å²) in [7, 11) is 3.77. The lowest BCUT2D eigenvalue weighted by molar-refractivity contribution is 0.418. The normalized spacial score (nSPS) is 11.0. The van der Waals surface area contributed by atoms with Crippen LogP contribution in [-0.2, 0) is 13.6 Å². The molecule has 1 aromatic carbocycles. The van der Waals surface area contributed by atoms with Crippen LogP contribution in [0.4, 0.5) is 0 Å². The minimum Gasteiger partial charge on any atom is -0.420 e. The van der Waals surface area contributed by atoms with Crippen molar-refractivity contribution in [2.45, 2.75) is 13.5 Å². The molecule has 0 aliphatic carbocycles. The van der Waals surface area contributed by atoms with E-state index in [4.69, 9.17) is 4.74 Å². The highest BCUT2D eigenvalue weighted by atomic mass is 16.5. The van der Waals surface area contributed by atoms with E-state index in [2.05, 4.69) is 27.5 Å². The maximum atomic E-state index is 5.99. The monoisotopic (exact) mass is 282 g/mol. The summed E-state index contributed by atoms with van der Waals surface area (Å²) in [5.74, 6) is 1.30. The van der Waals surface area contributed by atoms with Gasteiger partial charge in [-0.25, -0.2) is 9.67 Å². The minimum absolute atomic E-state index is 0.612. The van der Waals surface area contributed by atoms with E-state index >= 15 is 0 Å². The topological polar surface area (TPSA) is 52.0 Å². The number of ether oxygens (including phenoxy) is 1. The van der Waals surface area contributed by atoms with Crippen LogP contribution in [-0.4, -0.2) is 21.8 Å². The predicted octanol–water partition coefficient (Wildman–Crippen LogP) is 2.79. The SMILES string of the molecule is CNCc1cc2ccccc2c(Oc2cc(C)nn2C)n1. The summed E-state index contributed by atoms with van der Waals surface area (Å²) in [4.78, 5) is 4.61. The summed E-state index contributed by atoms with van der Waals surface area (Å²) >= 11 is 0. The number of aromatic nitrogens is 3. The van der Waals surface area contributed by atoms with E-state index in [1.165, 1.54) is 0 Å². The molecule has 0 aliphatic rings. The second kappa shape index (κ2) is 5.54. The van der Waals surface area contributed by atoms with Crippen molar-refractivity contribution in [1.29, 1.82) is 0 Å². The zero-order valence-corrected chi connectivity index (χ0v) is 12.4. The molecular weight excluding hydrogens is 264 g/mol. The number of nitrogens with one attached hydrogen (secondary N) is 1. The standard InChI is InChI=1S/C16H18N4O/c1-11-8-15(20(3)19-11)21-16-14-7-5-4-6-12(14)9-13(18-16)10-17-2/h4-9,17H,10H2,1-3H3. The van der Waals surface area contributed by atoms with Crippen molar-refractivity contribution < 1.29 is 4.74 Å². The molecule has 5 nitrogen and oxygen atoms in total. The van der Waals surface area contributed by atoms with E-state index in [9.17, 15) is 0 Å². The number of fused-ring (bicyclic) bond motifs is 1. The molecule has 2 aromatic heterocycles. The lowest BCUT2D eigenvalue weighted by Gasteiger charge is -2.10. The molecule has 0 saturated carbocycles. The smallest absolute Gasteiger partial charge is 0.229 e. The van der Waals surface area contributed by atoms with Crippen molar-refractivity contribution in [3.8, 4) is 11.8 Å². The van der Waals surface area contributed by atoms with E-state index in [-0.39, 0.29) is 0 Å². The molecule has 0 radical (unpaired) electrons. The van der Waals surface area contributed by atoms with E-state index in [0.29, 0.717) is 18.3 Å². The lowest BCUT2D eigenvalue weighted by atomic mass is 10.1. The number of nitrogens with zero attached hydrogens (tertiary/aromatic N) is 3. The molecule has 0 saturated heterocycles. The zero-order valence-electron chi connectivity index (χ0n) is 12.4. The zero-order chi connectivity index (χ0) is 14.8. The predicted molar refractivity (Wildman–Crippen MR) is 82.5 cm³/mol. The van der Waals surface area contributed by atoms with E-state index < -0.39 is 0 Å². The van der Waals surface area contributed by atoms with Gasteiger partial charge in [0.1, 0.15) is 0 Å². The Bertz CT molecular complexity index is 779. The summed E-state index contributed by atoms with van der Waals surface area (Å²) < 4.78 is 7.71. The van der Waals surface area contributed by atoms with Gasteiger partial charge >= 0.3 is 0 Å². The maximum absolute atomic E-state index is 5.99. The van der Waals surface area contributed by atoms with Gasteiger partial charge in [-0.15, -0.1) is 0 Å². The van der Waals surface area contributed by atoms with E-state index in [0.717, 1.165) is 22.2 Å². The molecule has 0 fully saturated rings. The average Bonchev–Trinajstić information content (AvgIpc) is 2.77. The van der Waals surface area contributed by atoms with Crippen LogP contribution in [0.1, 0.15) is 11.4 Å². The first kappa shape index (κ1) is 13.6. The van der Waals surface area contributed by atoms with E-state index in [1.54, 1.807) is 4.68 Å². The third-order valence-corrected chi connectivity index (χ3v) is 3.28. The number of hydrogen-bond donors (Lipinski definition) is 1. The highest BCUT2D eigenvalue weighted by molar-refractivity contribution is 5.87. The molecular formula is C16H18N4O. The molecule has 3 aromatic rings. The van der Waals surface area contributed by atoms with Crippen LogP contribution in [0.2, 0.25) is 0 Å². The number of rotatable bonds is 4. The Morgan fingerprint density at radius 1 is 1.24 bits per heavy atom. The number of benzene rings is 1. The van der Waals surface area contributed by atoms with Gasteiger partial charge in [0.05, 0.1) is 11.4 Å². The molecule has 2 heterocycles. The fourth-order valence-electron chi connectivity index (χ4n) is 2.35. The second-order valence-electron chi connectivity index (χ2n) is 5.02. The Morgan fingerprint density at radius 3 is 2.76 bits per heavy atom. The Hall–Kier alpha value is -2.40. The summed E-state index contributed by atoms with van der Waals surface area (Å²) in [6.45, 7) is 2.64. The van der Waals surface area contributed by atoms with Crippen molar-refractivity contribution in [1.82, 2.24) is 20.1 Å². The number of aryl methyl sites for hydroxylation is 2. The van der Waals surface area contributed by atoms with Crippen molar-refractivity contribution in [2.24, 2.45) is 7.05 Å². The van der Waals surface area contributed by atoms with Gasteiger partial charge in [-0.2, -0.15) is 5.10 Å². The molecule has 0 bridgehead atoms. The van der Waals surface area contributed by atoms with Crippen molar-refractivity contribution in [3.63, 3.8) is 0 Å². The summed E-state index contributed by atoms with van der Waals surface area (Å²) in [6.07, 6.45) is 0. The highest BCUT2D eigenvalue weighted by Gasteiger charge is 2.11. The Labute approximate surface area is 123 Å². The first-order chi connectivity index (χ1) is 10.2.